The number of aryl methyl sites for hydroxylation is 1. The van der Waals surface area contributed by atoms with Crippen molar-refractivity contribution in [3.05, 3.63) is 47.5 Å². The Labute approximate surface area is 181 Å². The number of amides is 1. The van der Waals surface area contributed by atoms with E-state index >= 15 is 0 Å². The molecule has 4 fully saturated rings. The van der Waals surface area contributed by atoms with E-state index in [9.17, 15) is 22.4 Å². The fourth-order valence-electron chi connectivity index (χ4n) is 5.15. The standard InChI is InChI=1S/C22H23F4N3O3/c1-13-2-3-15(4-18(13)23)29-8-14(7-27-29)20-10-21(11-20,12-20)28-19(30)9-31-16-5-17(6-16)32-22(24,25)26/h2-4,7-8,16-17H,5-6,9-12H2,1H3,(H,28,30). The van der Waals surface area contributed by atoms with Gasteiger partial charge in [0.25, 0.3) is 0 Å². The average molecular weight is 453 g/mol. The third-order valence-corrected chi connectivity index (χ3v) is 6.85. The van der Waals surface area contributed by atoms with Crippen molar-refractivity contribution in [1.82, 2.24) is 15.1 Å². The van der Waals surface area contributed by atoms with Gasteiger partial charge in [0, 0.05) is 30.0 Å². The van der Waals surface area contributed by atoms with Crippen LogP contribution in [-0.4, -0.2) is 46.4 Å². The monoisotopic (exact) mass is 453 g/mol. The van der Waals surface area contributed by atoms with Crippen LogP contribution in [0, 0.1) is 12.7 Å². The lowest BCUT2D eigenvalue weighted by Crippen LogP contribution is -2.77. The minimum Gasteiger partial charge on any atom is -0.368 e. The van der Waals surface area contributed by atoms with E-state index in [-0.39, 0.29) is 48.2 Å². The topological polar surface area (TPSA) is 65.4 Å². The zero-order valence-corrected chi connectivity index (χ0v) is 17.4. The van der Waals surface area contributed by atoms with Gasteiger partial charge in [-0.25, -0.2) is 9.07 Å². The van der Waals surface area contributed by atoms with Crippen LogP contribution in [0.15, 0.2) is 30.6 Å². The van der Waals surface area contributed by atoms with Gasteiger partial charge in [0.15, 0.2) is 0 Å². The number of benzene rings is 1. The molecule has 0 radical (unpaired) electrons. The molecule has 6 nitrogen and oxygen atoms in total. The number of hydrogen-bond donors (Lipinski definition) is 1. The zero-order valence-electron chi connectivity index (χ0n) is 17.4. The molecule has 4 aliphatic carbocycles. The summed E-state index contributed by atoms with van der Waals surface area (Å²) in [6, 6.07) is 4.99. The minimum atomic E-state index is -4.64. The summed E-state index contributed by atoms with van der Waals surface area (Å²) >= 11 is 0. The van der Waals surface area contributed by atoms with Crippen LogP contribution >= 0.6 is 0 Å². The van der Waals surface area contributed by atoms with Gasteiger partial charge >= 0.3 is 6.36 Å². The van der Waals surface area contributed by atoms with E-state index < -0.39 is 12.5 Å². The van der Waals surface area contributed by atoms with Crippen LogP contribution in [0.2, 0.25) is 0 Å². The van der Waals surface area contributed by atoms with Crippen molar-refractivity contribution in [2.75, 3.05) is 6.61 Å². The number of carbonyl (C=O) groups excluding carboxylic acids is 1. The number of alkyl halides is 3. The summed E-state index contributed by atoms with van der Waals surface area (Å²) in [5, 5.41) is 7.38. The Morgan fingerprint density at radius 1 is 1.25 bits per heavy atom. The first-order chi connectivity index (χ1) is 15.0. The van der Waals surface area contributed by atoms with Crippen molar-refractivity contribution in [1.29, 1.82) is 0 Å². The molecule has 6 rings (SSSR count). The average Bonchev–Trinajstić information content (AvgIpc) is 3.10. The molecule has 0 atom stereocenters. The van der Waals surface area contributed by atoms with Gasteiger partial charge in [-0.3, -0.25) is 9.53 Å². The second-order valence-electron chi connectivity index (χ2n) is 9.34. The van der Waals surface area contributed by atoms with Crippen LogP contribution in [0.1, 0.15) is 43.2 Å². The van der Waals surface area contributed by atoms with Crippen molar-refractivity contribution >= 4 is 5.91 Å². The van der Waals surface area contributed by atoms with Crippen LogP contribution in [0.3, 0.4) is 0 Å². The molecule has 4 aliphatic rings. The zero-order chi connectivity index (χ0) is 22.7. The van der Waals surface area contributed by atoms with Crippen LogP contribution in [0.4, 0.5) is 17.6 Å². The number of halogens is 4. The van der Waals surface area contributed by atoms with Crippen molar-refractivity contribution in [2.24, 2.45) is 0 Å². The number of carbonyl (C=O) groups is 1. The summed E-state index contributed by atoms with van der Waals surface area (Å²) in [6.45, 7) is 1.54. The molecule has 4 saturated carbocycles. The van der Waals surface area contributed by atoms with Crippen LogP contribution < -0.4 is 5.32 Å². The van der Waals surface area contributed by atoms with E-state index in [4.69, 9.17) is 4.74 Å². The number of hydrogen-bond acceptors (Lipinski definition) is 4. The predicted octanol–water partition coefficient (Wildman–Crippen LogP) is 3.69. The number of nitrogens with zero attached hydrogens (tertiary/aromatic N) is 2. The molecule has 32 heavy (non-hydrogen) atoms. The van der Waals surface area contributed by atoms with Crippen molar-refractivity contribution in [3.63, 3.8) is 0 Å². The molecule has 0 aliphatic heterocycles. The van der Waals surface area contributed by atoms with Gasteiger partial charge in [0.2, 0.25) is 5.91 Å². The van der Waals surface area contributed by atoms with E-state index in [2.05, 4.69) is 15.2 Å². The summed E-state index contributed by atoms with van der Waals surface area (Å²) in [5.41, 5.74) is 2.03. The molecule has 1 amide bonds. The molecule has 2 bridgehead atoms. The van der Waals surface area contributed by atoms with Crippen molar-refractivity contribution in [2.45, 2.75) is 68.6 Å². The van der Waals surface area contributed by atoms with Gasteiger partial charge in [-0.05, 0) is 49.4 Å². The molecule has 10 heteroatoms. The maximum Gasteiger partial charge on any atom is 0.522 e. The van der Waals surface area contributed by atoms with Crippen LogP contribution in [0.5, 0.6) is 0 Å². The molecule has 1 aromatic carbocycles. The fraction of sp³-hybridized carbons (Fsp3) is 0.545. The maximum atomic E-state index is 13.8. The highest BCUT2D eigenvalue weighted by molar-refractivity contribution is 5.79. The maximum absolute atomic E-state index is 13.8. The Bertz CT molecular complexity index is 1030. The molecule has 0 unspecified atom stereocenters. The third-order valence-electron chi connectivity index (χ3n) is 6.85. The Morgan fingerprint density at radius 2 is 1.97 bits per heavy atom. The highest BCUT2D eigenvalue weighted by Gasteiger charge is 2.69. The highest BCUT2D eigenvalue weighted by atomic mass is 19.4. The highest BCUT2D eigenvalue weighted by Crippen LogP contribution is 2.67. The Morgan fingerprint density at radius 3 is 2.62 bits per heavy atom. The molecule has 2 aromatic rings. The van der Waals surface area contributed by atoms with Gasteiger partial charge in [-0.1, -0.05) is 6.07 Å². The van der Waals surface area contributed by atoms with Crippen LogP contribution in [0.25, 0.3) is 5.69 Å². The quantitative estimate of drug-likeness (QED) is 0.650. The molecule has 0 spiro atoms. The second kappa shape index (κ2) is 7.28. The van der Waals surface area contributed by atoms with Crippen LogP contribution in [-0.2, 0) is 19.7 Å². The number of nitrogens with one attached hydrogen (secondary N) is 1. The molecule has 0 saturated heterocycles. The first-order valence-electron chi connectivity index (χ1n) is 10.5. The fourth-order valence-corrected chi connectivity index (χ4v) is 5.15. The molecule has 1 aromatic heterocycles. The lowest BCUT2D eigenvalue weighted by molar-refractivity contribution is -0.357. The van der Waals surface area contributed by atoms with E-state index in [1.54, 1.807) is 23.9 Å². The molecular weight excluding hydrogens is 430 g/mol. The molecule has 1 heterocycles. The van der Waals surface area contributed by atoms with E-state index in [1.165, 1.54) is 6.07 Å². The summed E-state index contributed by atoms with van der Waals surface area (Å²) in [7, 11) is 0. The summed E-state index contributed by atoms with van der Waals surface area (Å²) < 4.78 is 61.2. The Hall–Kier alpha value is -2.46. The van der Waals surface area contributed by atoms with E-state index in [0.717, 1.165) is 24.8 Å². The largest absolute Gasteiger partial charge is 0.522 e. The van der Waals surface area contributed by atoms with E-state index in [1.807, 2.05) is 12.3 Å². The number of aromatic nitrogens is 2. The van der Waals surface area contributed by atoms with Gasteiger partial charge in [0.05, 0.1) is 24.1 Å². The van der Waals surface area contributed by atoms with Gasteiger partial charge in [-0.15, -0.1) is 13.2 Å². The SMILES string of the molecule is Cc1ccc(-n2cc(C34CC(NC(=O)COC5CC(OC(F)(F)F)C5)(C3)C4)cn2)cc1F. The van der Waals surface area contributed by atoms with Gasteiger partial charge < -0.3 is 10.1 Å². The number of ether oxygens (including phenoxy) is 2. The first kappa shape index (κ1) is 21.4. The number of rotatable bonds is 7. The smallest absolute Gasteiger partial charge is 0.368 e. The summed E-state index contributed by atoms with van der Waals surface area (Å²) in [6.07, 6.45) is 0.449. The predicted molar refractivity (Wildman–Crippen MR) is 105 cm³/mol. The first-order valence-corrected chi connectivity index (χ1v) is 10.5. The van der Waals surface area contributed by atoms with Gasteiger partial charge in [0.1, 0.15) is 12.4 Å². The lowest BCUT2D eigenvalue weighted by atomic mass is 9.37. The van der Waals surface area contributed by atoms with Crippen molar-refractivity contribution in [3.8, 4) is 5.69 Å². The summed E-state index contributed by atoms with van der Waals surface area (Å²) in [4.78, 5) is 12.2. The van der Waals surface area contributed by atoms with Crippen molar-refractivity contribution < 1.29 is 31.8 Å². The normalized spacial score (nSPS) is 30.8. The lowest BCUT2D eigenvalue weighted by Gasteiger charge is -2.70. The summed E-state index contributed by atoms with van der Waals surface area (Å²) in [5.74, 6) is -0.538. The molecular formula is C22H23F4N3O3. The van der Waals surface area contributed by atoms with E-state index in [0.29, 0.717) is 11.3 Å². The Kier molecular flexibility index (Phi) is 4.86. The third kappa shape index (κ3) is 3.90. The molecule has 172 valence electrons. The second-order valence-corrected chi connectivity index (χ2v) is 9.34. The van der Waals surface area contributed by atoms with Gasteiger partial charge in [-0.2, -0.15) is 5.10 Å². The Balaban J connectivity index is 1.08. The molecule has 1 N–H and O–H groups in total. The minimum absolute atomic E-state index is 0.0221.